The molecule has 112 valence electrons. The highest BCUT2D eigenvalue weighted by molar-refractivity contribution is 5.35. The Hall–Kier alpha value is -1.70. The molecule has 1 aliphatic rings. The summed E-state index contributed by atoms with van der Waals surface area (Å²) in [7, 11) is 0. The molecule has 0 fully saturated rings. The van der Waals surface area contributed by atoms with Crippen molar-refractivity contribution in [3.8, 4) is 0 Å². The molecule has 1 aromatic carbocycles. The molecule has 0 heterocycles. The van der Waals surface area contributed by atoms with E-state index in [2.05, 4.69) is 22.4 Å². The largest absolute Gasteiger partial charge is 0.151 e. The van der Waals surface area contributed by atoms with Crippen molar-refractivity contribution in [3.05, 3.63) is 54.3 Å². The zero-order valence-electron chi connectivity index (χ0n) is 13.9. The van der Waals surface area contributed by atoms with Crippen molar-refractivity contribution in [1.82, 2.24) is 0 Å². The summed E-state index contributed by atoms with van der Waals surface area (Å²) >= 11 is 0. The van der Waals surface area contributed by atoms with E-state index in [-0.39, 0.29) is 0 Å². The summed E-state index contributed by atoms with van der Waals surface area (Å²) in [4.78, 5) is 0. The van der Waals surface area contributed by atoms with Gasteiger partial charge in [-0.15, -0.1) is 0 Å². The van der Waals surface area contributed by atoms with Gasteiger partial charge in [-0.25, -0.2) is 0 Å². The maximum absolute atomic E-state index is 4.15. The molecule has 20 heavy (non-hydrogen) atoms. The molecule has 0 spiro atoms. The molecule has 0 N–H and O–H groups in total. The van der Waals surface area contributed by atoms with Crippen LogP contribution in [0.3, 0.4) is 0 Å². The van der Waals surface area contributed by atoms with Gasteiger partial charge in [0, 0.05) is 0 Å². The molecule has 1 aliphatic carbocycles. The van der Waals surface area contributed by atoms with E-state index < -0.39 is 0 Å². The van der Waals surface area contributed by atoms with E-state index in [1.165, 1.54) is 0 Å². The highest BCUT2D eigenvalue weighted by Crippen LogP contribution is 2.15. The van der Waals surface area contributed by atoms with Crippen LogP contribution in [-0.2, 0) is 0 Å². The highest BCUT2D eigenvalue weighted by Gasteiger charge is 1.94. The van der Waals surface area contributed by atoms with E-state index >= 15 is 0 Å². The highest BCUT2D eigenvalue weighted by atomic mass is 15.1. The Morgan fingerprint density at radius 3 is 1.85 bits per heavy atom. The lowest BCUT2D eigenvalue weighted by Gasteiger charge is -1.98. The van der Waals surface area contributed by atoms with E-state index in [4.69, 9.17) is 0 Å². The van der Waals surface area contributed by atoms with E-state index in [0.29, 0.717) is 0 Å². The van der Waals surface area contributed by atoms with Crippen LogP contribution in [0.4, 0.5) is 5.69 Å². The Bertz CT molecular complexity index is 376. The minimum atomic E-state index is 0.896. The monoisotopic (exact) mass is 274 g/mol. The third-order valence-corrected chi connectivity index (χ3v) is 2.01. The van der Waals surface area contributed by atoms with Crippen LogP contribution in [0.2, 0.25) is 0 Å². The molecule has 2 nitrogen and oxygen atoms in total. The summed E-state index contributed by atoms with van der Waals surface area (Å²) in [6.45, 7) is 12.0. The van der Waals surface area contributed by atoms with E-state index in [1.807, 2.05) is 78.0 Å². The Kier molecular flexibility index (Phi) is 17.8. The van der Waals surface area contributed by atoms with Crippen molar-refractivity contribution in [2.24, 2.45) is 10.2 Å². The summed E-state index contributed by atoms with van der Waals surface area (Å²) < 4.78 is 0. The number of allylic oxidation sites excluding steroid dienone is 3. The Labute approximate surface area is 125 Å². The van der Waals surface area contributed by atoms with Crippen LogP contribution in [0.1, 0.15) is 54.4 Å². The lowest BCUT2D eigenvalue weighted by atomic mass is 10.2. The first-order valence-corrected chi connectivity index (χ1v) is 7.79. The van der Waals surface area contributed by atoms with Gasteiger partial charge in [-0.05, 0) is 31.1 Å². The molecule has 2 rings (SSSR count). The van der Waals surface area contributed by atoms with Gasteiger partial charge in [-0.3, -0.25) is 0 Å². The van der Waals surface area contributed by atoms with Gasteiger partial charge in [-0.2, -0.15) is 10.2 Å². The van der Waals surface area contributed by atoms with Gasteiger partial charge in [0.2, 0.25) is 0 Å². The van der Waals surface area contributed by atoms with Crippen molar-refractivity contribution in [1.29, 1.82) is 0 Å². The normalized spacial score (nSPS) is 12.0. The fourth-order valence-electron chi connectivity index (χ4n) is 1.28. The van der Waals surface area contributed by atoms with Gasteiger partial charge >= 0.3 is 0 Å². The molecule has 0 saturated heterocycles. The van der Waals surface area contributed by atoms with Gasteiger partial charge in [0.25, 0.3) is 0 Å². The summed E-state index contributed by atoms with van der Waals surface area (Å²) in [6, 6.07) is 9.77. The predicted molar refractivity (Wildman–Crippen MR) is 91.5 cm³/mol. The molecule has 0 aromatic heterocycles. The molecule has 0 bridgehead atoms. The second kappa shape index (κ2) is 17.3. The average molecular weight is 274 g/mol. The van der Waals surface area contributed by atoms with Gasteiger partial charge < -0.3 is 0 Å². The zero-order valence-corrected chi connectivity index (χ0v) is 13.9. The average Bonchev–Trinajstić information content (AvgIpc) is 2.60. The molecule has 0 amide bonds. The Morgan fingerprint density at radius 2 is 1.35 bits per heavy atom. The molecule has 0 atom stereocenters. The third-order valence-electron chi connectivity index (χ3n) is 2.01. The quantitative estimate of drug-likeness (QED) is 0.514. The first kappa shape index (κ1) is 20.6. The minimum absolute atomic E-state index is 0.896. The standard InChI is InChI=1S/C12H12N2.3C2H6/c1-3-7-11(8-4-1)13-14-12-9-5-2-6-10-12;3*1-2/h1,3-5,7-10H,2,6H2;3*1-2H3. The topological polar surface area (TPSA) is 24.7 Å². The molecule has 1 aromatic rings. The lowest BCUT2D eigenvalue weighted by molar-refractivity contribution is 0.993. The fraction of sp³-hybridized carbons (Fsp3) is 0.444. The molecular weight excluding hydrogens is 244 g/mol. The van der Waals surface area contributed by atoms with Crippen molar-refractivity contribution in [2.45, 2.75) is 54.4 Å². The molecule has 0 unspecified atom stereocenters. The minimum Gasteiger partial charge on any atom is -0.151 e. The summed E-state index contributed by atoms with van der Waals surface area (Å²) in [5.41, 5.74) is 1.85. The van der Waals surface area contributed by atoms with E-state index in [9.17, 15) is 0 Å². The maximum Gasteiger partial charge on any atom is 0.0857 e. The number of hydrogen-bond donors (Lipinski definition) is 0. The number of rotatable bonds is 2. The Morgan fingerprint density at radius 1 is 0.750 bits per heavy atom. The SMILES string of the molecule is C1=CC(N=Nc2ccccc2)=CCC1.CC.CC.CC. The first-order valence-electron chi connectivity index (χ1n) is 7.79. The number of azo groups is 1. The fourth-order valence-corrected chi connectivity index (χ4v) is 1.28. The summed E-state index contributed by atoms with van der Waals surface area (Å²) in [5.74, 6) is 0. The van der Waals surface area contributed by atoms with Gasteiger partial charge in [0.1, 0.15) is 0 Å². The van der Waals surface area contributed by atoms with Gasteiger partial charge in [0.15, 0.2) is 0 Å². The molecular formula is C18H30N2. The molecule has 2 heteroatoms. The van der Waals surface area contributed by atoms with E-state index in [1.54, 1.807) is 0 Å². The van der Waals surface area contributed by atoms with Crippen molar-refractivity contribution >= 4 is 5.69 Å². The second-order valence-corrected chi connectivity index (χ2v) is 3.14. The van der Waals surface area contributed by atoms with Gasteiger partial charge in [-0.1, -0.05) is 71.9 Å². The number of hydrogen-bond acceptors (Lipinski definition) is 2. The maximum atomic E-state index is 4.15. The van der Waals surface area contributed by atoms with Crippen LogP contribution in [0.5, 0.6) is 0 Å². The third kappa shape index (κ3) is 10.2. The summed E-state index contributed by atoms with van der Waals surface area (Å²) in [5, 5.41) is 8.29. The predicted octanol–water partition coefficient (Wildman–Crippen LogP) is 7.08. The van der Waals surface area contributed by atoms with Crippen molar-refractivity contribution < 1.29 is 0 Å². The number of nitrogens with zero attached hydrogens (tertiary/aromatic N) is 2. The second-order valence-electron chi connectivity index (χ2n) is 3.14. The zero-order chi connectivity index (χ0) is 15.6. The van der Waals surface area contributed by atoms with Crippen molar-refractivity contribution in [3.63, 3.8) is 0 Å². The molecule has 0 radical (unpaired) electrons. The van der Waals surface area contributed by atoms with Crippen LogP contribution in [-0.4, -0.2) is 0 Å². The van der Waals surface area contributed by atoms with Crippen molar-refractivity contribution in [2.75, 3.05) is 0 Å². The summed E-state index contributed by atoms with van der Waals surface area (Å²) in [6.07, 6.45) is 8.42. The molecule has 0 aliphatic heterocycles. The first-order chi connectivity index (χ1) is 9.95. The van der Waals surface area contributed by atoms with Crippen LogP contribution >= 0.6 is 0 Å². The van der Waals surface area contributed by atoms with Crippen LogP contribution < -0.4 is 0 Å². The van der Waals surface area contributed by atoms with Crippen LogP contribution in [0.25, 0.3) is 0 Å². The van der Waals surface area contributed by atoms with Gasteiger partial charge in [0.05, 0.1) is 11.4 Å². The number of benzene rings is 1. The molecule has 0 saturated carbocycles. The van der Waals surface area contributed by atoms with E-state index in [0.717, 1.165) is 24.2 Å². The lowest BCUT2D eigenvalue weighted by Crippen LogP contribution is -1.79. The smallest absolute Gasteiger partial charge is 0.0857 e. The van der Waals surface area contributed by atoms with Crippen LogP contribution in [0.15, 0.2) is 64.5 Å². The van der Waals surface area contributed by atoms with Crippen LogP contribution in [0, 0.1) is 0 Å². The Balaban J connectivity index is 0.